The number of piperazine rings is 1. The Morgan fingerprint density at radius 1 is 0.977 bits per heavy atom. The Kier molecular flexibility index (Phi) is 10.5. The fraction of sp³-hybridized carbons (Fsp3) is 0.548. The summed E-state index contributed by atoms with van der Waals surface area (Å²) in [6.07, 6.45) is 3.13. The van der Waals surface area contributed by atoms with Gasteiger partial charge in [0.15, 0.2) is 5.82 Å². The van der Waals surface area contributed by atoms with Gasteiger partial charge >= 0.3 is 12.1 Å². The minimum absolute atomic E-state index is 0.00389. The van der Waals surface area contributed by atoms with Crippen LogP contribution in [0, 0.1) is 0 Å². The highest BCUT2D eigenvalue weighted by Gasteiger charge is 2.34. The van der Waals surface area contributed by atoms with Gasteiger partial charge in [0.2, 0.25) is 11.8 Å². The predicted molar refractivity (Wildman–Crippen MR) is 157 cm³/mol. The molecule has 1 saturated heterocycles. The fourth-order valence-corrected chi connectivity index (χ4v) is 5.02. The first-order valence-corrected chi connectivity index (χ1v) is 14.9. The van der Waals surface area contributed by atoms with Crippen LogP contribution in [0.15, 0.2) is 36.4 Å². The molecule has 2 aliphatic rings. The third kappa shape index (κ3) is 9.13. The van der Waals surface area contributed by atoms with Crippen LogP contribution in [0.5, 0.6) is 5.88 Å². The van der Waals surface area contributed by atoms with Crippen LogP contribution in [0.2, 0.25) is 0 Å². The van der Waals surface area contributed by atoms with Crippen molar-refractivity contribution >= 4 is 23.9 Å². The van der Waals surface area contributed by atoms with Gasteiger partial charge < -0.3 is 29.3 Å². The summed E-state index contributed by atoms with van der Waals surface area (Å²) in [4.78, 5) is 64.3. The van der Waals surface area contributed by atoms with E-state index in [4.69, 9.17) is 14.2 Å². The van der Waals surface area contributed by atoms with Crippen LogP contribution in [0.25, 0.3) is 11.4 Å². The predicted octanol–water partition coefficient (Wildman–Crippen LogP) is 3.60. The van der Waals surface area contributed by atoms with Crippen LogP contribution in [-0.2, 0) is 19.1 Å². The highest BCUT2D eigenvalue weighted by molar-refractivity contribution is 5.98. The van der Waals surface area contributed by atoms with Gasteiger partial charge in [0.05, 0.1) is 13.0 Å². The molecular weight excluding hydrogens is 554 g/mol. The molecule has 1 unspecified atom stereocenters. The second kappa shape index (κ2) is 14.3. The fourth-order valence-electron chi connectivity index (χ4n) is 5.02. The van der Waals surface area contributed by atoms with E-state index in [-0.39, 0.29) is 56.9 Å². The summed E-state index contributed by atoms with van der Waals surface area (Å²) in [5, 5.41) is 2.72. The molecule has 0 bridgehead atoms. The normalized spacial score (nSPS) is 16.4. The molecule has 12 nitrogen and oxygen atoms in total. The number of hydrogen-bond donors (Lipinski definition) is 1. The van der Waals surface area contributed by atoms with E-state index in [9.17, 15) is 19.2 Å². The molecule has 2 fully saturated rings. The van der Waals surface area contributed by atoms with E-state index < -0.39 is 35.5 Å². The maximum atomic E-state index is 13.7. The first kappa shape index (κ1) is 31.7. The van der Waals surface area contributed by atoms with Gasteiger partial charge in [-0.1, -0.05) is 30.3 Å². The largest absolute Gasteiger partial charge is 0.474 e. The van der Waals surface area contributed by atoms with Gasteiger partial charge in [-0.3, -0.25) is 14.4 Å². The number of aromatic nitrogens is 2. The van der Waals surface area contributed by atoms with Crippen LogP contribution in [-0.4, -0.2) is 94.2 Å². The number of carbonyl (C=O) groups excluding carboxylic acids is 4. The number of nitrogens with zero attached hydrogens (tertiary/aromatic N) is 4. The van der Waals surface area contributed by atoms with Gasteiger partial charge in [-0.05, 0) is 53.4 Å². The molecule has 1 atom stereocenters. The van der Waals surface area contributed by atoms with E-state index in [1.54, 1.807) is 27.7 Å². The zero-order valence-corrected chi connectivity index (χ0v) is 25.3. The molecule has 4 rings (SSSR count). The van der Waals surface area contributed by atoms with Gasteiger partial charge in [-0.25, -0.2) is 9.78 Å². The Bertz CT molecular complexity index is 1280. The molecule has 3 amide bonds. The average Bonchev–Trinajstić information content (AvgIpc) is 3.49. The zero-order chi connectivity index (χ0) is 31.0. The maximum absolute atomic E-state index is 13.7. The molecule has 1 aliphatic heterocycles. The van der Waals surface area contributed by atoms with Crippen molar-refractivity contribution in [3.8, 4) is 17.3 Å². The van der Waals surface area contributed by atoms with Crippen LogP contribution >= 0.6 is 0 Å². The lowest BCUT2D eigenvalue weighted by Crippen LogP contribution is -2.56. The zero-order valence-electron chi connectivity index (χ0n) is 25.3. The Morgan fingerprint density at radius 3 is 2.26 bits per heavy atom. The van der Waals surface area contributed by atoms with E-state index in [2.05, 4.69) is 15.3 Å². The third-order valence-electron chi connectivity index (χ3n) is 7.07. The SMILES string of the molecule is CCOC(=O)N1CCN(C(=O)C(CC(=O)OC(C)(C)C)NC(=O)c2cc(OC3CCCC3)nc(-c3ccccc3)n2)CC1. The lowest BCUT2D eigenvalue weighted by Gasteiger charge is -2.36. The van der Waals surface area contributed by atoms with Crippen molar-refractivity contribution in [2.24, 2.45) is 0 Å². The molecule has 1 aromatic heterocycles. The molecule has 2 heterocycles. The molecule has 1 saturated carbocycles. The monoisotopic (exact) mass is 595 g/mol. The summed E-state index contributed by atoms with van der Waals surface area (Å²) in [6, 6.07) is 9.48. The van der Waals surface area contributed by atoms with Crippen molar-refractivity contribution in [2.75, 3.05) is 32.8 Å². The van der Waals surface area contributed by atoms with Crippen molar-refractivity contribution in [1.29, 1.82) is 0 Å². The lowest BCUT2D eigenvalue weighted by atomic mass is 10.1. The minimum Gasteiger partial charge on any atom is -0.474 e. The van der Waals surface area contributed by atoms with Crippen LogP contribution in [0.4, 0.5) is 4.79 Å². The Hall–Kier alpha value is -4.22. The number of ether oxygens (including phenoxy) is 3. The second-order valence-corrected chi connectivity index (χ2v) is 11.6. The van der Waals surface area contributed by atoms with Gasteiger partial charge in [0.1, 0.15) is 23.4 Å². The first-order valence-electron chi connectivity index (χ1n) is 14.9. The number of carbonyl (C=O) groups is 4. The first-order chi connectivity index (χ1) is 20.5. The molecule has 12 heteroatoms. The third-order valence-corrected chi connectivity index (χ3v) is 7.07. The smallest absolute Gasteiger partial charge is 0.409 e. The molecule has 1 aliphatic carbocycles. The van der Waals surface area contributed by atoms with E-state index in [1.165, 1.54) is 15.9 Å². The Balaban J connectivity index is 1.56. The summed E-state index contributed by atoms with van der Waals surface area (Å²) in [7, 11) is 0. The second-order valence-electron chi connectivity index (χ2n) is 11.6. The van der Waals surface area contributed by atoms with Gasteiger partial charge in [0.25, 0.3) is 5.91 Å². The maximum Gasteiger partial charge on any atom is 0.409 e. The number of nitrogens with one attached hydrogen (secondary N) is 1. The number of esters is 1. The highest BCUT2D eigenvalue weighted by atomic mass is 16.6. The molecule has 0 radical (unpaired) electrons. The van der Waals surface area contributed by atoms with Crippen molar-refractivity contribution in [3.05, 3.63) is 42.1 Å². The molecule has 43 heavy (non-hydrogen) atoms. The number of benzene rings is 1. The summed E-state index contributed by atoms with van der Waals surface area (Å²) in [6.45, 7) is 8.16. The number of amides is 3. The van der Waals surface area contributed by atoms with E-state index >= 15 is 0 Å². The van der Waals surface area contributed by atoms with Gasteiger partial charge in [0, 0.05) is 37.8 Å². The van der Waals surface area contributed by atoms with Crippen molar-refractivity contribution in [1.82, 2.24) is 25.1 Å². The summed E-state index contributed by atoms with van der Waals surface area (Å²) in [5.74, 6) is -1.15. The van der Waals surface area contributed by atoms with Crippen LogP contribution in [0.3, 0.4) is 0 Å². The van der Waals surface area contributed by atoms with Crippen molar-refractivity contribution < 1.29 is 33.4 Å². The van der Waals surface area contributed by atoms with Crippen LogP contribution in [0.1, 0.15) is 70.3 Å². The molecule has 1 aromatic carbocycles. The molecule has 0 spiro atoms. The van der Waals surface area contributed by atoms with Crippen molar-refractivity contribution in [2.45, 2.75) is 77.5 Å². The Morgan fingerprint density at radius 2 is 1.63 bits per heavy atom. The number of hydrogen-bond acceptors (Lipinski definition) is 9. The molecule has 2 aromatic rings. The molecular formula is C31H41N5O7. The average molecular weight is 596 g/mol. The minimum atomic E-state index is -1.22. The summed E-state index contributed by atoms with van der Waals surface area (Å²) >= 11 is 0. The van der Waals surface area contributed by atoms with Crippen LogP contribution < -0.4 is 10.1 Å². The summed E-state index contributed by atoms with van der Waals surface area (Å²) < 4.78 is 16.6. The van der Waals surface area contributed by atoms with Gasteiger partial charge in [-0.2, -0.15) is 4.98 Å². The highest BCUT2D eigenvalue weighted by Crippen LogP contribution is 2.25. The van der Waals surface area contributed by atoms with E-state index in [0.717, 1.165) is 25.7 Å². The van der Waals surface area contributed by atoms with Crippen molar-refractivity contribution in [3.63, 3.8) is 0 Å². The topological polar surface area (TPSA) is 140 Å². The molecule has 232 valence electrons. The quantitative estimate of drug-likeness (QED) is 0.431. The number of rotatable bonds is 9. The Labute approximate surface area is 252 Å². The molecule has 1 N–H and O–H groups in total. The van der Waals surface area contributed by atoms with E-state index in [1.807, 2.05) is 30.3 Å². The lowest BCUT2D eigenvalue weighted by molar-refractivity contribution is -0.157. The van der Waals surface area contributed by atoms with E-state index in [0.29, 0.717) is 11.4 Å². The summed E-state index contributed by atoms with van der Waals surface area (Å²) in [5.41, 5.74) is -0.0609. The standard InChI is InChI=1S/C31H41N5O7/c1-5-41-30(40)36-17-15-35(16-18-36)29(39)24(20-26(37)43-31(2,3)4)33-28(38)23-19-25(42-22-13-9-10-14-22)34-27(32-23)21-11-7-6-8-12-21/h6-8,11-12,19,22,24H,5,9-10,13-18,20H2,1-4H3,(H,33,38). The van der Waals surface area contributed by atoms with Gasteiger partial charge in [-0.15, -0.1) is 0 Å².